The predicted molar refractivity (Wildman–Crippen MR) is 78.9 cm³/mol. The number of fused-ring (bicyclic) bond motifs is 1. The number of benzene rings is 1. The first-order valence-electron chi connectivity index (χ1n) is 6.91. The summed E-state index contributed by atoms with van der Waals surface area (Å²) in [5.41, 5.74) is 3.77. The Kier molecular flexibility index (Phi) is 3.65. The Hall–Kier alpha value is -1.94. The van der Waals surface area contributed by atoms with Gasteiger partial charge in [-0.05, 0) is 24.0 Å². The maximum Gasteiger partial charge on any atom is 0.134 e. The third-order valence-electron chi connectivity index (χ3n) is 3.76. The number of rotatable bonds is 4. The van der Waals surface area contributed by atoms with E-state index in [9.17, 15) is 0 Å². The van der Waals surface area contributed by atoms with Gasteiger partial charge in [-0.1, -0.05) is 24.3 Å². The zero-order valence-electron chi connectivity index (χ0n) is 11.9. The molecular formula is C16H19N3O. The molecule has 0 amide bonds. The van der Waals surface area contributed by atoms with Crippen molar-refractivity contribution in [3.05, 3.63) is 53.0 Å². The van der Waals surface area contributed by atoms with E-state index in [1.165, 1.54) is 11.1 Å². The predicted octanol–water partition coefficient (Wildman–Crippen LogP) is 2.55. The zero-order valence-corrected chi connectivity index (χ0v) is 11.9. The molecule has 1 aliphatic carbocycles. The summed E-state index contributed by atoms with van der Waals surface area (Å²) >= 11 is 0. The highest BCUT2D eigenvalue weighted by Crippen LogP contribution is 2.32. The molecule has 1 aromatic carbocycles. The third-order valence-corrected chi connectivity index (χ3v) is 3.76. The van der Waals surface area contributed by atoms with Crippen LogP contribution in [-0.4, -0.2) is 24.1 Å². The first-order valence-corrected chi connectivity index (χ1v) is 6.91. The molecule has 0 unspecified atom stereocenters. The fourth-order valence-corrected chi connectivity index (χ4v) is 2.79. The molecule has 0 saturated carbocycles. The van der Waals surface area contributed by atoms with Gasteiger partial charge in [0, 0.05) is 26.1 Å². The topological polar surface area (TPSA) is 47.0 Å². The van der Waals surface area contributed by atoms with Crippen molar-refractivity contribution in [1.82, 2.24) is 9.97 Å². The lowest BCUT2D eigenvalue weighted by molar-refractivity contribution is 0.181. The van der Waals surface area contributed by atoms with Crippen LogP contribution in [0, 0.1) is 0 Å². The molecule has 0 atom stereocenters. The van der Waals surface area contributed by atoms with Crippen molar-refractivity contribution >= 4 is 5.82 Å². The van der Waals surface area contributed by atoms with E-state index in [0.717, 1.165) is 30.2 Å². The van der Waals surface area contributed by atoms with Crippen LogP contribution in [0.15, 0.2) is 30.3 Å². The molecule has 1 aliphatic rings. The Morgan fingerprint density at radius 1 is 1.20 bits per heavy atom. The van der Waals surface area contributed by atoms with Crippen LogP contribution in [0.3, 0.4) is 0 Å². The molecule has 20 heavy (non-hydrogen) atoms. The number of hydrogen-bond acceptors (Lipinski definition) is 4. The van der Waals surface area contributed by atoms with Crippen LogP contribution < -0.4 is 5.32 Å². The average Bonchev–Trinajstić information content (AvgIpc) is 2.91. The summed E-state index contributed by atoms with van der Waals surface area (Å²) in [5.74, 6) is 2.15. The SMILES string of the molecule is CNc1cc(COC)nc(C2Cc3ccccc3C2)n1. The van der Waals surface area contributed by atoms with Gasteiger partial charge in [0.05, 0.1) is 12.3 Å². The lowest BCUT2D eigenvalue weighted by Crippen LogP contribution is -2.09. The minimum Gasteiger partial charge on any atom is -0.378 e. The van der Waals surface area contributed by atoms with E-state index in [2.05, 4.69) is 39.6 Å². The molecule has 4 nitrogen and oxygen atoms in total. The average molecular weight is 269 g/mol. The molecule has 0 radical (unpaired) electrons. The largest absolute Gasteiger partial charge is 0.378 e. The lowest BCUT2D eigenvalue weighted by Gasteiger charge is -2.11. The minimum absolute atomic E-state index is 0.372. The second kappa shape index (κ2) is 5.59. The molecule has 0 bridgehead atoms. The van der Waals surface area contributed by atoms with Gasteiger partial charge in [0.2, 0.25) is 0 Å². The van der Waals surface area contributed by atoms with Crippen molar-refractivity contribution in [3.63, 3.8) is 0 Å². The number of ether oxygens (including phenoxy) is 1. The quantitative estimate of drug-likeness (QED) is 0.926. The number of nitrogens with zero attached hydrogens (tertiary/aromatic N) is 2. The first-order chi connectivity index (χ1) is 9.80. The molecule has 4 heteroatoms. The first kappa shape index (κ1) is 13.1. The summed E-state index contributed by atoms with van der Waals surface area (Å²) in [4.78, 5) is 9.28. The van der Waals surface area contributed by atoms with Crippen molar-refractivity contribution < 1.29 is 4.74 Å². The van der Waals surface area contributed by atoms with Gasteiger partial charge in [-0.3, -0.25) is 0 Å². The van der Waals surface area contributed by atoms with Crippen molar-refractivity contribution in [2.75, 3.05) is 19.5 Å². The summed E-state index contributed by atoms with van der Waals surface area (Å²) in [5, 5.41) is 3.10. The molecule has 0 spiro atoms. The van der Waals surface area contributed by atoms with Gasteiger partial charge in [-0.2, -0.15) is 0 Å². The normalized spacial score (nSPS) is 14.3. The smallest absolute Gasteiger partial charge is 0.134 e. The van der Waals surface area contributed by atoms with E-state index in [4.69, 9.17) is 4.74 Å². The van der Waals surface area contributed by atoms with Crippen LogP contribution in [0.25, 0.3) is 0 Å². The highest BCUT2D eigenvalue weighted by molar-refractivity contribution is 5.39. The standard InChI is InChI=1S/C16H19N3O/c1-17-15-9-14(10-20-2)18-16(19-15)13-7-11-5-3-4-6-12(11)8-13/h3-6,9,13H,7-8,10H2,1-2H3,(H,17,18,19). The summed E-state index contributed by atoms with van der Waals surface area (Å²) in [7, 11) is 3.57. The van der Waals surface area contributed by atoms with Crippen molar-refractivity contribution in [2.24, 2.45) is 0 Å². The van der Waals surface area contributed by atoms with Crippen LogP contribution in [-0.2, 0) is 24.2 Å². The molecule has 0 aliphatic heterocycles. The fourth-order valence-electron chi connectivity index (χ4n) is 2.79. The van der Waals surface area contributed by atoms with E-state index >= 15 is 0 Å². The molecule has 104 valence electrons. The minimum atomic E-state index is 0.372. The molecule has 0 saturated heterocycles. The maximum atomic E-state index is 5.19. The number of aromatic nitrogens is 2. The number of nitrogens with one attached hydrogen (secondary N) is 1. The third kappa shape index (κ3) is 2.51. The fraction of sp³-hybridized carbons (Fsp3) is 0.375. The van der Waals surface area contributed by atoms with Crippen molar-refractivity contribution in [1.29, 1.82) is 0 Å². The monoisotopic (exact) mass is 269 g/mol. The Bertz CT molecular complexity index is 587. The molecule has 1 N–H and O–H groups in total. The Balaban J connectivity index is 1.89. The van der Waals surface area contributed by atoms with E-state index in [-0.39, 0.29) is 0 Å². The van der Waals surface area contributed by atoms with Gasteiger partial charge in [0.15, 0.2) is 0 Å². The van der Waals surface area contributed by atoms with E-state index in [0.29, 0.717) is 12.5 Å². The summed E-state index contributed by atoms with van der Waals surface area (Å²) in [6, 6.07) is 10.5. The molecule has 2 aromatic rings. The molecular weight excluding hydrogens is 250 g/mol. The van der Waals surface area contributed by atoms with Gasteiger partial charge >= 0.3 is 0 Å². The Morgan fingerprint density at radius 3 is 2.50 bits per heavy atom. The maximum absolute atomic E-state index is 5.19. The highest BCUT2D eigenvalue weighted by atomic mass is 16.5. The van der Waals surface area contributed by atoms with Crippen LogP contribution in [0.4, 0.5) is 5.82 Å². The van der Waals surface area contributed by atoms with Crippen molar-refractivity contribution in [2.45, 2.75) is 25.4 Å². The zero-order chi connectivity index (χ0) is 13.9. The molecule has 1 heterocycles. The van der Waals surface area contributed by atoms with Crippen LogP contribution in [0.5, 0.6) is 0 Å². The van der Waals surface area contributed by atoms with Crippen LogP contribution >= 0.6 is 0 Å². The summed E-state index contributed by atoms with van der Waals surface area (Å²) in [6.07, 6.45) is 2.05. The molecule has 3 rings (SSSR count). The van der Waals surface area contributed by atoms with Gasteiger partial charge in [-0.25, -0.2) is 9.97 Å². The van der Waals surface area contributed by atoms with E-state index in [1.54, 1.807) is 7.11 Å². The number of hydrogen-bond donors (Lipinski definition) is 1. The van der Waals surface area contributed by atoms with E-state index < -0.39 is 0 Å². The lowest BCUT2D eigenvalue weighted by atomic mass is 10.1. The van der Waals surface area contributed by atoms with Crippen molar-refractivity contribution in [3.8, 4) is 0 Å². The van der Waals surface area contributed by atoms with Gasteiger partial charge < -0.3 is 10.1 Å². The van der Waals surface area contributed by atoms with Gasteiger partial charge in [0.25, 0.3) is 0 Å². The van der Waals surface area contributed by atoms with Crippen LogP contribution in [0.1, 0.15) is 28.6 Å². The summed E-state index contributed by atoms with van der Waals surface area (Å²) < 4.78 is 5.19. The van der Waals surface area contributed by atoms with Crippen LogP contribution in [0.2, 0.25) is 0 Å². The molecule has 0 fully saturated rings. The second-order valence-electron chi connectivity index (χ2n) is 5.16. The van der Waals surface area contributed by atoms with Gasteiger partial charge in [0.1, 0.15) is 11.6 Å². The van der Waals surface area contributed by atoms with Gasteiger partial charge in [-0.15, -0.1) is 0 Å². The number of anilines is 1. The Morgan fingerprint density at radius 2 is 1.90 bits per heavy atom. The Labute approximate surface area is 119 Å². The second-order valence-corrected chi connectivity index (χ2v) is 5.16. The number of methoxy groups -OCH3 is 1. The molecule has 1 aromatic heterocycles. The highest BCUT2D eigenvalue weighted by Gasteiger charge is 2.25. The van der Waals surface area contributed by atoms with E-state index in [1.807, 2.05) is 13.1 Å². The summed E-state index contributed by atoms with van der Waals surface area (Å²) in [6.45, 7) is 0.518.